The monoisotopic (exact) mass is 376 g/mol. The average Bonchev–Trinajstić information content (AvgIpc) is 3.15. The van der Waals surface area contributed by atoms with Gasteiger partial charge in [-0.15, -0.1) is 0 Å². The van der Waals surface area contributed by atoms with Gasteiger partial charge >= 0.3 is 0 Å². The normalized spacial score (nSPS) is 18.3. The molecule has 1 N–H and O–H groups in total. The summed E-state index contributed by atoms with van der Waals surface area (Å²) in [7, 11) is 1.72. The highest BCUT2D eigenvalue weighted by Crippen LogP contribution is 2.32. The molecule has 3 heterocycles. The van der Waals surface area contributed by atoms with E-state index < -0.39 is 0 Å². The second kappa shape index (κ2) is 7.55. The Balaban J connectivity index is 1.35. The largest absolute Gasteiger partial charge is 0.497 e. The second-order valence-electron chi connectivity index (χ2n) is 8.22. The fourth-order valence-electron chi connectivity index (χ4n) is 4.72. The van der Waals surface area contributed by atoms with Crippen molar-refractivity contribution in [3.05, 3.63) is 53.2 Å². The third kappa shape index (κ3) is 3.39. The van der Waals surface area contributed by atoms with Crippen molar-refractivity contribution in [2.24, 2.45) is 0 Å². The van der Waals surface area contributed by atoms with Crippen molar-refractivity contribution in [3.63, 3.8) is 0 Å². The molecule has 28 heavy (non-hydrogen) atoms. The van der Waals surface area contributed by atoms with Crippen molar-refractivity contribution < 1.29 is 4.74 Å². The van der Waals surface area contributed by atoms with Crippen molar-refractivity contribution in [1.29, 1.82) is 0 Å². The molecule has 5 rings (SSSR count). The van der Waals surface area contributed by atoms with Gasteiger partial charge in [0.1, 0.15) is 11.6 Å². The van der Waals surface area contributed by atoms with Gasteiger partial charge < -0.3 is 9.72 Å². The lowest BCUT2D eigenvalue weighted by Crippen LogP contribution is -2.31. The van der Waals surface area contributed by atoms with E-state index in [4.69, 9.17) is 14.7 Å². The molecule has 1 aliphatic carbocycles. The maximum absolute atomic E-state index is 5.41. The van der Waals surface area contributed by atoms with Crippen molar-refractivity contribution >= 4 is 10.9 Å². The van der Waals surface area contributed by atoms with E-state index in [-0.39, 0.29) is 0 Å². The quantitative estimate of drug-likeness (QED) is 0.724. The zero-order valence-corrected chi connectivity index (χ0v) is 16.6. The van der Waals surface area contributed by atoms with E-state index in [1.54, 1.807) is 7.11 Å². The molecule has 1 aliphatic heterocycles. The maximum atomic E-state index is 5.41. The van der Waals surface area contributed by atoms with Crippen molar-refractivity contribution in [2.75, 3.05) is 13.7 Å². The van der Waals surface area contributed by atoms with Gasteiger partial charge in [0.2, 0.25) is 0 Å². The van der Waals surface area contributed by atoms with Crippen LogP contribution in [0.5, 0.6) is 5.75 Å². The Bertz CT molecular complexity index is 974. The standard InChI is InChI=1S/C23H28N4O/c1-28-19-7-8-21-20(11-19)18(13-24-21)14-27-10-9-17-12-25-23(26-22(17)15-27)16-5-3-2-4-6-16/h7-8,11-13,16,24H,2-6,9-10,14-15H2,1H3. The number of benzene rings is 1. The van der Waals surface area contributed by atoms with Crippen LogP contribution in [-0.4, -0.2) is 33.5 Å². The first-order valence-corrected chi connectivity index (χ1v) is 10.5. The first-order chi connectivity index (χ1) is 13.8. The Morgan fingerprint density at radius 3 is 2.96 bits per heavy atom. The summed E-state index contributed by atoms with van der Waals surface area (Å²) in [5.74, 6) is 2.55. The number of aromatic nitrogens is 3. The fourth-order valence-corrected chi connectivity index (χ4v) is 4.72. The van der Waals surface area contributed by atoms with Crippen molar-refractivity contribution in [1.82, 2.24) is 19.9 Å². The van der Waals surface area contributed by atoms with Crippen molar-refractivity contribution in [3.8, 4) is 5.75 Å². The highest BCUT2D eigenvalue weighted by atomic mass is 16.5. The van der Waals surface area contributed by atoms with Gasteiger partial charge in [0.15, 0.2) is 0 Å². The zero-order chi connectivity index (χ0) is 18.9. The minimum absolute atomic E-state index is 0.565. The Morgan fingerprint density at radius 2 is 2.11 bits per heavy atom. The zero-order valence-electron chi connectivity index (χ0n) is 16.6. The van der Waals surface area contributed by atoms with E-state index in [0.717, 1.165) is 43.1 Å². The SMILES string of the molecule is COc1ccc2[nH]cc(CN3CCc4cnc(C5CCCCC5)nc4C3)c2c1. The van der Waals surface area contributed by atoms with E-state index in [1.807, 2.05) is 6.07 Å². The van der Waals surface area contributed by atoms with Gasteiger partial charge in [0, 0.05) is 48.8 Å². The summed E-state index contributed by atoms with van der Waals surface area (Å²) in [6, 6.07) is 6.22. The third-order valence-electron chi connectivity index (χ3n) is 6.38. The van der Waals surface area contributed by atoms with Crippen LogP contribution in [0.2, 0.25) is 0 Å². The maximum Gasteiger partial charge on any atom is 0.131 e. The molecule has 146 valence electrons. The molecule has 2 aliphatic rings. The van der Waals surface area contributed by atoms with Crippen LogP contribution in [0.15, 0.2) is 30.6 Å². The van der Waals surface area contributed by atoms with Crippen molar-refractivity contribution in [2.45, 2.75) is 57.5 Å². The van der Waals surface area contributed by atoms with Crippen LogP contribution >= 0.6 is 0 Å². The lowest BCUT2D eigenvalue weighted by atomic mass is 9.88. The van der Waals surface area contributed by atoms with Gasteiger partial charge in [-0.25, -0.2) is 9.97 Å². The molecule has 5 heteroatoms. The summed E-state index contributed by atoms with van der Waals surface area (Å²) >= 11 is 0. The molecule has 1 aromatic carbocycles. The molecule has 5 nitrogen and oxygen atoms in total. The van der Waals surface area contributed by atoms with Gasteiger partial charge in [0.05, 0.1) is 12.8 Å². The lowest BCUT2D eigenvalue weighted by molar-refractivity contribution is 0.241. The first kappa shape index (κ1) is 17.7. The minimum Gasteiger partial charge on any atom is -0.497 e. The average molecular weight is 377 g/mol. The Morgan fingerprint density at radius 1 is 1.21 bits per heavy atom. The third-order valence-corrected chi connectivity index (χ3v) is 6.38. The summed E-state index contributed by atoms with van der Waals surface area (Å²) in [6.45, 7) is 2.89. The number of fused-ring (bicyclic) bond motifs is 2. The highest BCUT2D eigenvalue weighted by Gasteiger charge is 2.23. The Labute approximate surface area is 166 Å². The summed E-state index contributed by atoms with van der Waals surface area (Å²) in [6.07, 6.45) is 11.8. The van der Waals surface area contributed by atoms with Crippen LogP contribution in [0.3, 0.4) is 0 Å². The molecule has 2 aromatic heterocycles. The van der Waals surface area contributed by atoms with Crippen LogP contribution < -0.4 is 4.74 Å². The topological polar surface area (TPSA) is 54.0 Å². The number of methoxy groups -OCH3 is 1. The van der Waals surface area contributed by atoms with Gasteiger partial charge in [-0.1, -0.05) is 19.3 Å². The smallest absolute Gasteiger partial charge is 0.131 e. The second-order valence-corrected chi connectivity index (χ2v) is 8.22. The summed E-state index contributed by atoms with van der Waals surface area (Å²) in [5.41, 5.74) is 5.05. The molecule has 3 aromatic rings. The Hall–Kier alpha value is -2.40. The van der Waals surface area contributed by atoms with E-state index in [0.29, 0.717) is 5.92 Å². The number of rotatable bonds is 4. The molecule has 0 atom stereocenters. The molecular formula is C23H28N4O. The molecule has 0 amide bonds. The van der Waals surface area contributed by atoms with Crippen LogP contribution in [0.25, 0.3) is 10.9 Å². The summed E-state index contributed by atoms with van der Waals surface area (Å²) in [5, 5.41) is 1.25. The summed E-state index contributed by atoms with van der Waals surface area (Å²) < 4.78 is 5.41. The Kier molecular flexibility index (Phi) is 4.77. The molecule has 0 saturated heterocycles. The van der Waals surface area contributed by atoms with Gasteiger partial charge in [-0.05, 0) is 48.6 Å². The van der Waals surface area contributed by atoms with Crippen LogP contribution in [0, 0.1) is 0 Å². The molecule has 0 radical (unpaired) electrons. The number of nitrogens with one attached hydrogen (secondary N) is 1. The molecule has 0 bridgehead atoms. The lowest BCUT2D eigenvalue weighted by Gasteiger charge is -2.29. The van der Waals surface area contributed by atoms with E-state index in [2.05, 4.69) is 34.4 Å². The van der Waals surface area contributed by atoms with Gasteiger partial charge in [0.25, 0.3) is 0 Å². The number of aromatic amines is 1. The predicted octanol–water partition coefficient (Wildman–Crippen LogP) is 4.57. The van der Waals surface area contributed by atoms with Gasteiger partial charge in [-0.2, -0.15) is 0 Å². The molecule has 1 fully saturated rings. The minimum atomic E-state index is 0.565. The van der Waals surface area contributed by atoms with Crippen LogP contribution in [0.4, 0.5) is 0 Å². The first-order valence-electron chi connectivity index (χ1n) is 10.5. The molecule has 0 unspecified atom stereocenters. The predicted molar refractivity (Wildman–Crippen MR) is 111 cm³/mol. The van der Waals surface area contributed by atoms with Crippen LogP contribution in [-0.2, 0) is 19.5 Å². The van der Waals surface area contributed by atoms with Gasteiger partial charge in [-0.3, -0.25) is 4.90 Å². The van der Waals surface area contributed by atoms with Crippen LogP contribution in [0.1, 0.15) is 60.7 Å². The number of hydrogen-bond acceptors (Lipinski definition) is 4. The highest BCUT2D eigenvalue weighted by molar-refractivity contribution is 5.84. The number of ether oxygens (including phenoxy) is 1. The fraction of sp³-hybridized carbons (Fsp3) is 0.478. The molecule has 0 spiro atoms. The number of hydrogen-bond donors (Lipinski definition) is 1. The number of nitrogens with zero attached hydrogens (tertiary/aromatic N) is 3. The molecular weight excluding hydrogens is 348 g/mol. The summed E-state index contributed by atoms with van der Waals surface area (Å²) in [4.78, 5) is 15.6. The van der Waals surface area contributed by atoms with E-state index in [9.17, 15) is 0 Å². The number of H-pyrrole nitrogens is 1. The molecule has 1 saturated carbocycles. The van der Waals surface area contributed by atoms with E-state index >= 15 is 0 Å². The van der Waals surface area contributed by atoms with E-state index in [1.165, 1.54) is 54.3 Å².